The van der Waals surface area contributed by atoms with E-state index in [9.17, 15) is 9.90 Å². The Kier molecular flexibility index (Phi) is 5.52. The molecule has 0 spiro atoms. The van der Waals surface area contributed by atoms with Crippen molar-refractivity contribution in [3.8, 4) is 0 Å². The molecule has 1 amide bonds. The molecule has 1 atom stereocenters. The summed E-state index contributed by atoms with van der Waals surface area (Å²) in [5.41, 5.74) is 0.495. The minimum absolute atomic E-state index is 0.113. The maximum atomic E-state index is 11.9. The number of benzene rings is 1. The van der Waals surface area contributed by atoms with Crippen LogP contribution in [0.1, 0.15) is 30.0 Å². The summed E-state index contributed by atoms with van der Waals surface area (Å²) in [4.78, 5) is 11.9. The standard InChI is InChI=1S/C13H13Cl2N3O2S/c1-2-12-17-18-13(21-12)16-11(20)6-10(19)7-3-8(14)5-9(15)4-7/h3-5,10,19H,2,6H2,1H3,(H,16,18,20). The minimum Gasteiger partial charge on any atom is -0.388 e. The summed E-state index contributed by atoms with van der Waals surface area (Å²) in [5.74, 6) is -0.350. The SMILES string of the molecule is CCc1nnc(NC(=O)CC(O)c2cc(Cl)cc(Cl)c2)s1. The van der Waals surface area contributed by atoms with Gasteiger partial charge in [-0.25, -0.2) is 0 Å². The first-order valence-corrected chi connectivity index (χ1v) is 7.81. The molecule has 0 aliphatic rings. The number of aliphatic hydroxyl groups excluding tert-OH is 1. The van der Waals surface area contributed by atoms with E-state index in [1.165, 1.54) is 11.3 Å². The van der Waals surface area contributed by atoms with Crippen molar-refractivity contribution in [1.82, 2.24) is 10.2 Å². The Labute approximate surface area is 135 Å². The number of carbonyl (C=O) groups is 1. The van der Waals surface area contributed by atoms with Gasteiger partial charge in [-0.1, -0.05) is 41.5 Å². The average Bonchev–Trinajstić information content (AvgIpc) is 2.85. The third kappa shape index (κ3) is 4.64. The van der Waals surface area contributed by atoms with E-state index < -0.39 is 6.10 Å². The summed E-state index contributed by atoms with van der Waals surface area (Å²) in [6, 6.07) is 4.71. The van der Waals surface area contributed by atoms with E-state index >= 15 is 0 Å². The maximum Gasteiger partial charge on any atom is 0.229 e. The van der Waals surface area contributed by atoms with Crippen LogP contribution in [0.5, 0.6) is 0 Å². The summed E-state index contributed by atoms with van der Waals surface area (Å²) in [7, 11) is 0. The van der Waals surface area contributed by atoms with E-state index in [-0.39, 0.29) is 12.3 Å². The van der Waals surface area contributed by atoms with Gasteiger partial charge in [-0.15, -0.1) is 10.2 Å². The molecule has 112 valence electrons. The highest BCUT2D eigenvalue weighted by Crippen LogP contribution is 2.25. The van der Waals surface area contributed by atoms with Gasteiger partial charge in [-0.2, -0.15) is 0 Å². The molecule has 0 bridgehead atoms. The Morgan fingerprint density at radius 1 is 1.33 bits per heavy atom. The number of hydrogen-bond acceptors (Lipinski definition) is 5. The molecule has 0 aliphatic heterocycles. The van der Waals surface area contributed by atoms with Crippen LogP contribution in [-0.2, 0) is 11.2 Å². The third-order valence-electron chi connectivity index (χ3n) is 2.66. The molecule has 1 aromatic carbocycles. The number of aliphatic hydroxyl groups is 1. The van der Waals surface area contributed by atoms with E-state index in [1.54, 1.807) is 18.2 Å². The van der Waals surface area contributed by atoms with Crippen molar-refractivity contribution in [2.45, 2.75) is 25.9 Å². The quantitative estimate of drug-likeness (QED) is 0.869. The van der Waals surface area contributed by atoms with Crippen molar-refractivity contribution in [3.63, 3.8) is 0 Å². The van der Waals surface area contributed by atoms with Crippen LogP contribution in [0.2, 0.25) is 10.0 Å². The summed E-state index contributed by atoms with van der Waals surface area (Å²) in [5, 5.41) is 22.5. The zero-order valence-corrected chi connectivity index (χ0v) is 13.5. The third-order valence-corrected chi connectivity index (χ3v) is 4.08. The molecule has 5 nitrogen and oxygen atoms in total. The summed E-state index contributed by atoms with van der Waals surface area (Å²) in [6.45, 7) is 1.96. The maximum absolute atomic E-state index is 11.9. The number of halogens is 2. The molecule has 2 N–H and O–H groups in total. The number of amides is 1. The normalized spacial score (nSPS) is 12.2. The zero-order valence-electron chi connectivity index (χ0n) is 11.1. The van der Waals surface area contributed by atoms with Crippen LogP contribution in [0.15, 0.2) is 18.2 Å². The first-order valence-electron chi connectivity index (χ1n) is 6.24. The van der Waals surface area contributed by atoms with Crippen molar-refractivity contribution in [1.29, 1.82) is 0 Å². The van der Waals surface area contributed by atoms with Crippen LogP contribution in [-0.4, -0.2) is 21.2 Å². The number of aromatic nitrogens is 2. The minimum atomic E-state index is -0.986. The fourth-order valence-electron chi connectivity index (χ4n) is 1.68. The second-order valence-electron chi connectivity index (χ2n) is 4.33. The highest BCUT2D eigenvalue weighted by molar-refractivity contribution is 7.15. The van der Waals surface area contributed by atoms with E-state index in [4.69, 9.17) is 23.2 Å². The lowest BCUT2D eigenvalue weighted by Crippen LogP contribution is -2.15. The van der Waals surface area contributed by atoms with Crippen molar-refractivity contribution >= 4 is 45.6 Å². The Balaban J connectivity index is 1.98. The van der Waals surface area contributed by atoms with Crippen LogP contribution in [0.3, 0.4) is 0 Å². The smallest absolute Gasteiger partial charge is 0.229 e. The van der Waals surface area contributed by atoms with E-state index in [2.05, 4.69) is 15.5 Å². The Hall–Kier alpha value is -1.21. The first kappa shape index (κ1) is 16.2. The number of hydrogen-bond donors (Lipinski definition) is 2. The zero-order chi connectivity index (χ0) is 15.4. The van der Waals surface area contributed by atoms with Gasteiger partial charge in [0.2, 0.25) is 11.0 Å². The molecular formula is C13H13Cl2N3O2S. The van der Waals surface area contributed by atoms with Crippen molar-refractivity contribution in [2.75, 3.05) is 5.32 Å². The number of anilines is 1. The van der Waals surface area contributed by atoms with Gasteiger partial charge in [-0.05, 0) is 30.2 Å². The molecule has 1 unspecified atom stereocenters. The molecule has 0 saturated carbocycles. The monoisotopic (exact) mass is 345 g/mol. The van der Waals surface area contributed by atoms with Crippen molar-refractivity contribution < 1.29 is 9.90 Å². The molecule has 8 heteroatoms. The average molecular weight is 346 g/mol. The van der Waals surface area contributed by atoms with Crippen LogP contribution >= 0.6 is 34.5 Å². The second kappa shape index (κ2) is 7.17. The van der Waals surface area contributed by atoms with Crippen molar-refractivity contribution in [3.05, 3.63) is 38.8 Å². The Morgan fingerprint density at radius 3 is 2.57 bits per heavy atom. The van der Waals surface area contributed by atoms with Crippen LogP contribution in [0, 0.1) is 0 Å². The highest BCUT2D eigenvalue weighted by atomic mass is 35.5. The van der Waals surface area contributed by atoms with Gasteiger partial charge < -0.3 is 10.4 Å². The molecule has 0 saturated heterocycles. The Bertz CT molecular complexity index is 628. The molecule has 0 aliphatic carbocycles. The van der Waals surface area contributed by atoms with E-state index in [1.807, 2.05) is 6.92 Å². The number of nitrogens with one attached hydrogen (secondary N) is 1. The summed E-state index contributed by atoms with van der Waals surface area (Å²) in [6.07, 6.45) is -0.339. The largest absolute Gasteiger partial charge is 0.388 e. The van der Waals surface area contributed by atoms with Gasteiger partial charge in [0.15, 0.2) is 0 Å². The van der Waals surface area contributed by atoms with Gasteiger partial charge in [0.25, 0.3) is 0 Å². The lowest BCUT2D eigenvalue weighted by Gasteiger charge is -2.11. The molecule has 2 aromatic rings. The molecule has 0 fully saturated rings. The first-order chi connectivity index (χ1) is 9.97. The van der Waals surface area contributed by atoms with Gasteiger partial charge in [0.05, 0.1) is 12.5 Å². The molecule has 0 radical (unpaired) electrons. The van der Waals surface area contributed by atoms with Gasteiger partial charge in [-0.3, -0.25) is 4.79 Å². The lowest BCUT2D eigenvalue weighted by molar-refractivity contribution is -0.118. The second-order valence-corrected chi connectivity index (χ2v) is 6.26. The summed E-state index contributed by atoms with van der Waals surface area (Å²) < 4.78 is 0. The fraction of sp³-hybridized carbons (Fsp3) is 0.308. The predicted molar refractivity (Wildman–Crippen MR) is 84.0 cm³/mol. The number of nitrogens with zero attached hydrogens (tertiary/aromatic N) is 2. The van der Waals surface area contributed by atoms with Gasteiger partial charge >= 0.3 is 0 Å². The lowest BCUT2D eigenvalue weighted by atomic mass is 10.1. The summed E-state index contributed by atoms with van der Waals surface area (Å²) >= 11 is 13.0. The Morgan fingerprint density at radius 2 is 2.00 bits per heavy atom. The number of rotatable bonds is 5. The molecule has 1 heterocycles. The van der Waals surface area contributed by atoms with E-state index in [0.717, 1.165) is 11.4 Å². The molecule has 2 rings (SSSR count). The van der Waals surface area contributed by atoms with E-state index in [0.29, 0.717) is 20.7 Å². The van der Waals surface area contributed by atoms with Crippen LogP contribution in [0.25, 0.3) is 0 Å². The number of carbonyl (C=O) groups excluding carboxylic acids is 1. The molecule has 21 heavy (non-hydrogen) atoms. The molecular weight excluding hydrogens is 333 g/mol. The van der Waals surface area contributed by atoms with Crippen molar-refractivity contribution in [2.24, 2.45) is 0 Å². The fourth-order valence-corrected chi connectivity index (χ4v) is 2.92. The predicted octanol–water partition coefficient (Wildman–Crippen LogP) is 3.47. The van der Waals surface area contributed by atoms with Gasteiger partial charge in [0.1, 0.15) is 5.01 Å². The topological polar surface area (TPSA) is 75.1 Å². The van der Waals surface area contributed by atoms with Crippen LogP contribution < -0.4 is 5.32 Å². The van der Waals surface area contributed by atoms with Gasteiger partial charge in [0, 0.05) is 10.0 Å². The van der Waals surface area contributed by atoms with Crippen LogP contribution in [0.4, 0.5) is 5.13 Å². The highest BCUT2D eigenvalue weighted by Gasteiger charge is 2.15. The number of aryl methyl sites for hydroxylation is 1. The molecule has 1 aromatic heterocycles.